The number of ether oxygens (including phenoxy) is 1. The van der Waals surface area contributed by atoms with Crippen molar-refractivity contribution in [2.45, 2.75) is 36.6 Å². The highest BCUT2D eigenvalue weighted by atomic mass is 35.5. The number of methoxy groups -OCH3 is 1. The number of rotatable bonds is 6. The fourth-order valence-electron chi connectivity index (χ4n) is 5.31. The van der Waals surface area contributed by atoms with Crippen LogP contribution < -0.4 is 16.0 Å². The number of thioether (sulfide) groups is 1. The first-order valence-corrected chi connectivity index (χ1v) is 13.9. The third kappa shape index (κ3) is 5.13. The summed E-state index contributed by atoms with van der Waals surface area (Å²) < 4.78 is 78.8. The monoisotopic (exact) mass is 606 g/mol. The summed E-state index contributed by atoms with van der Waals surface area (Å²) in [5.41, 5.74) is 5.30. The first-order valence-electron chi connectivity index (χ1n) is 12.5. The zero-order valence-corrected chi connectivity index (χ0v) is 23.4. The van der Waals surface area contributed by atoms with Crippen LogP contribution in [0.25, 0.3) is 11.1 Å². The molecule has 4 aromatic rings. The Balaban J connectivity index is 1.79. The number of aromatic nitrogens is 1. The molecule has 1 aliphatic heterocycles. The van der Waals surface area contributed by atoms with Gasteiger partial charge in [-0.05, 0) is 47.9 Å². The molecule has 1 aromatic heterocycles. The van der Waals surface area contributed by atoms with Gasteiger partial charge in [-0.1, -0.05) is 48.0 Å². The maximum Gasteiger partial charge on any atom is 0.416 e. The Labute approximate surface area is 241 Å². The van der Waals surface area contributed by atoms with E-state index in [1.165, 1.54) is 48.6 Å². The Bertz CT molecular complexity index is 1710. The van der Waals surface area contributed by atoms with E-state index in [1.54, 1.807) is 24.3 Å². The molecule has 41 heavy (non-hydrogen) atoms. The van der Waals surface area contributed by atoms with Gasteiger partial charge in [0, 0.05) is 28.3 Å². The Morgan fingerprint density at radius 1 is 1.07 bits per heavy atom. The molecule has 0 saturated carbocycles. The van der Waals surface area contributed by atoms with Crippen molar-refractivity contribution in [2.75, 3.05) is 12.9 Å². The molecule has 3 aromatic carbocycles. The second-order valence-corrected chi connectivity index (χ2v) is 11.1. The smallest absolute Gasteiger partial charge is 0.416 e. The van der Waals surface area contributed by atoms with Gasteiger partial charge in [-0.2, -0.15) is 13.2 Å². The lowest BCUT2D eigenvalue weighted by molar-refractivity contribution is -0.138. The van der Waals surface area contributed by atoms with Crippen LogP contribution in [-0.2, 0) is 12.6 Å². The number of nitrogens with two attached hydrogens (primary N) is 1. The van der Waals surface area contributed by atoms with E-state index >= 15 is 4.39 Å². The van der Waals surface area contributed by atoms with Gasteiger partial charge in [0.1, 0.15) is 5.82 Å². The van der Waals surface area contributed by atoms with Crippen molar-refractivity contribution < 1.29 is 26.7 Å². The molecular weight excluding hydrogens is 583 g/mol. The van der Waals surface area contributed by atoms with Crippen molar-refractivity contribution in [1.82, 2.24) is 4.57 Å². The first-order chi connectivity index (χ1) is 19.5. The van der Waals surface area contributed by atoms with Gasteiger partial charge in [-0.25, -0.2) is 8.78 Å². The average Bonchev–Trinajstić information content (AvgIpc) is 3.37. The zero-order chi connectivity index (χ0) is 29.6. The van der Waals surface area contributed by atoms with Crippen LogP contribution in [0.5, 0.6) is 5.75 Å². The van der Waals surface area contributed by atoms with Gasteiger partial charge in [0.15, 0.2) is 11.6 Å². The molecule has 5 rings (SSSR count). The van der Waals surface area contributed by atoms with Crippen molar-refractivity contribution in [3.63, 3.8) is 0 Å². The summed E-state index contributed by atoms with van der Waals surface area (Å²) in [5.74, 6) is -1.66. The van der Waals surface area contributed by atoms with Crippen LogP contribution in [0.3, 0.4) is 0 Å². The van der Waals surface area contributed by atoms with Gasteiger partial charge in [0.05, 0.1) is 35.3 Å². The van der Waals surface area contributed by atoms with Crippen LogP contribution >= 0.6 is 23.4 Å². The van der Waals surface area contributed by atoms with Gasteiger partial charge < -0.3 is 10.5 Å². The fraction of sp³-hybridized carbons (Fsp3) is 0.233. The van der Waals surface area contributed by atoms with E-state index in [-0.39, 0.29) is 28.0 Å². The second kappa shape index (κ2) is 11.2. The maximum absolute atomic E-state index is 15.6. The third-order valence-corrected chi connectivity index (χ3v) is 8.94. The largest absolute Gasteiger partial charge is 0.494 e. The highest BCUT2D eigenvalue weighted by Gasteiger charge is 2.38. The van der Waals surface area contributed by atoms with Gasteiger partial charge in [-0.3, -0.25) is 9.36 Å². The van der Waals surface area contributed by atoms with Crippen LogP contribution in [-0.4, -0.2) is 17.4 Å². The number of halogens is 6. The maximum atomic E-state index is 15.6. The van der Waals surface area contributed by atoms with Crippen molar-refractivity contribution in [2.24, 2.45) is 5.73 Å². The SMILES string of the molecule is COc1cccc(-c2c(C)c(Cc3c(F)cccc3C(F)(F)F)c3n(c2=O)[C@@H](C(N)c2ccccc2Cl)CS3)c1F. The van der Waals surface area contributed by atoms with E-state index in [9.17, 15) is 22.4 Å². The van der Waals surface area contributed by atoms with E-state index in [0.29, 0.717) is 21.4 Å². The number of pyridine rings is 1. The van der Waals surface area contributed by atoms with E-state index in [1.807, 2.05) is 0 Å². The second-order valence-electron chi connectivity index (χ2n) is 9.65. The third-order valence-electron chi connectivity index (χ3n) is 7.37. The number of hydrogen-bond acceptors (Lipinski definition) is 4. The lowest BCUT2D eigenvalue weighted by atomic mass is 9.91. The number of benzene rings is 3. The lowest BCUT2D eigenvalue weighted by Gasteiger charge is -2.25. The molecule has 2 N–H and O–H groups in total. The molecule has 0 spiro atoms. The molecule has 1 unspecified atom stereocenters. The number of fused-ring (bicyclic) bond motifs is 1. The number of hydrogen-bond donors (Lipinski definition) is 1. The minimum atomic E-state index is -4.82. The molecule has 214 valence electrons. The molecule has 0 radical (unpaired) electrons. The van der Waals surface area contributed by atoms with Crippen LogP contribution in [0.1, 0.15) is 39.9 Å². The standard InChI is InChI=1S/C30H24ClF5N2O2S/c1-15-18(13-19-20(30(34,35)36)9-6-11-22(19)32)29-38(23(14-41-29)27(37)16-7-3-4-10-21(16)31)28(39)25(15)17-8-5-12-24(40-2)26(17)33/h3-12,23,27H,13-14,37H2,1-2H3/t23-,27?/m1/s1. The van der Waals surface area contributed by atoms with E-state index < -0.39 is 53.0 Å². The van der Waals surface area contributed by atoms with Crippen LogP contribution in [0.15, 0.2) is 70.5 Å². The zero-order valence-electron chi connectivity index (χ0n) is 21.9. The normalized spacial score (nSPS) is 15.6. The Kier molecular flexibility index (Phi) is 7.93. The number of nitrogens with zero attached hydrogens (tertiary/aromatic N) is 1. The Morgan fingerprint density at radius 3 is 2.46 bits per heavy atom. The molecule has 0 aliphatic carbocycles. The van der Waals surface area contributed by atoms with Crippen molar-refractivity contribution in [3.05, 3.63) is 115 Å². The molecular formula is C30H24ClF5N2O2S. The summed E-state index contributed by atoms with van der Waals surface area (Å²) in [6.07, 6.45) is -5.30. The summed E-state index contributed by atoms with van der Waals surface area (Å²) in [5, 5.41) is 0.738. The minimum Gasteiger partial charge on any atom is -0.494 e. The summed E-state index contributed by atoms with van der Waals surface area (Å²) >= 11 is 7.63. The van der Waals surface area contributed by atoms with Crippen LogP contribution in [0, 0.1) is 18.6 Å². The molecule has 0 amide bonds. The Morgan fingerprint density at radius 2 is 1.78 bits per heavy atom. The van der Waals surface area contributed by atoms with E-state index in [0.717, 1.165) is 18.2 Å². The van der Waals surface area contributed by atoms with Gasteiger partial charge in [-0.15, -0.1) is 11.8 Å². The van der Waals surface area contributed by atoms with Crippen LogP contribution in [0.2, 0.25) is 5.02 Å². The molecule has 11 heteroatoms. The summed E-state index contributed by atoms with van der Waals surface area (Å²) in [6, 6.07) is 12.5. The molecule has 2 atom stereocenters. The van der Waals surface area contributed by atoms with Crippen molar-refractivity contribution >= 4 is 23.4 Å². The minimum absolute atomic E-state index is 0.0658. The average molecular weight is 607 g/mol. The quantitative estimate of drug-likeness (QED) is 0.228. The van der Waals surface area contributed by atoms with E-state index in [2.05, 4.69) is 0 Å². The van der Waals surface area contributed by atoms with Crippen molar-refractivity contribution in [3.8, 4) is 16.9 Å². The van der Waals surface area contributed by atoms with Crippen LogP contribution in [0.4, 0.5) is 22.0 Å². The summed E-state index contributed by atoms with van der Waals surface area (Å²) in [4.78, 5) is 14.2. The molecule has 2 heterocycles. The first kappa shape index (κ1) is 29.2. The lowest BCUT2D eigenvalue weighted by Crippen LogP contribution is -2.33. The molecule has 1 aliphatic rings. The molecule has 0 bridgehead atoms. The highest BCUT2D eigenvalue weighted by Crippen LogP contribution is 2.45. The van der Waals surface area contributed by atoms with Gasteiger partial charge in [0.25, 0.3) is 5.56 Å². The summed E-state index contributed by atoms with van der Waals surface area (Å²) in [6.45, 7) is 1.53. The summed E-state index contributed by atoms with van der Waals surface area (Å²) in [7, 11) is 1.28. The highest BCUT2D eigenvalue weighted by molar-refractivity contribution is 7.99. The van der Waals surface area contributed by atoms with Crippen molar-refractivity contribution in [1.29, 1.82) is 0 Å². The topological polar surface area (TPSA) is 57.2 Å². The fourth-order valence-corrected chi connectivity index (χ4v) is 7.01. The van der Waals surface area contributed by atoms with E-state index in [4.69, 9.17) is 22.1 Å². The molecule has 0 fully saturated rings. The van der Waals surface area contributed by atoms with Gasteiger partial charge in [0.2, 0.25) is 0 Å². The Hall–Kier alpha value is -3.34. The predicted molar refractivity (Wildman–Crippen MR) is 150 cm³/mol. The molecule has 4 nitrogen and oxygen atoms in total. The number of alkyl halides is 3. The predicted octanol–water partition coefficient (Wildman–Crippen LogP) is 7.72. The molecule has 0 saturated heterocycles. The van der Waals surface area contributed by atoms with Gasteiger partial charge >= 0.3 is 6.18 Å².